The van der Waals surface area contributed by atoms with Gasteiger partial charge in [-0.3, -0.25) is 0 Å². The van der Waals surface area contributed by atoms with Gasteiger partial charge >= 0.3 is 0 Å². The molecule has 0 aromatic heterocycles. The summed E-state index contributed by atoms with van der Waals surface area (Å²) in [6, 6.07) is 8.65. The Morgan fingerprint density at radius 2 is 2.00 bits per heavy atom. The summed E-state index contributed by atoms with van der Waals surface area (Å²) in [5.74, 6) is 0. The van der Waals surface area contributed by atoms with Crippen molar-refractivity contribution in [1.29, 1.82) is 0 Å². The van der Waals surface area contributed by atoms with Crippen LogP contribution >= 0.6 is 0 Å². The lowest BCUT2D eigenvalue weighted by Crippen LogP contribution is -1.82. The molecule has 0 heterocycles. The monoisotopic (exact) mass is 196 g/mol. The van der Waals surface area contributed by atoms with E-state index < -0.39 is 0 Å². The van der Waals surface area contributed by atoms with Crippen molar-refractivity contribution in [3.63, 3.8) is 0 Å². The van der Waals surface area contributed by atoms with Gasteiger partial charge in [-0.05, 0) is 31.4 Å². The molecule has 0 atom stereocenters. The Balaban J connectivity index is 2.33. The molecule has 0 saturated heterocycles. The van der Waals surface area contributed by atoms with Crippen molar-refractivity contribution in [3.8, 4) is 0 Å². The first-order valence-corrected chi connectivity index (χ1v) is 5.37. The summed E-state index contributed by atoms with van der Waals surface area (Å²) in [6.45, 7) is 4.30. The van der Waals surface area contributed by atoms with Crippen molar-refractivity contribution >= 4 is 5.57 Å². The van der Waals surface area contributed by atoms with Crippen LogP contribution in [0.15, 0.2) is 54.1 Å². The summed E-state index contributed by atoms with van der Waals surface area (Å²) in [6.07, 6.45) is 9.85. The average Bonchev–Trinajstić information content (AvgIpc) is 2.43. The molecule has 0 fully saturated rings. The van der Waals surface area contributed by atoms with Crippen LogP contribution in [0.3, 0.4) is 0 Å². The Morgan fingerprint density at radius 1 is 1.13 bits per heavy atom. The molecule has 15 heavy (non-hydrogen) atoms. The van der Waals surface area contributed by atoms with Gasteiger partial charge < -0.3 is 0 Å². The topological polar surface area (TPSA) is 0 Å². The molecule has 1 aromatic carbocycles. The second-order valence-corrected chi connectivity index (χ2v) is 4.11. The molecule has 0 nitrogen and oxygen atoms in total. The second kappa shape index (κ2) is 4.31. The van der Waals surface area contributed by atoms with Gasteiger partial charge in [-0.15, -0.1) is 0 Å². The quantitative estimate of drug-likeness (QED) is 0.628. The number of hydrogen-bond acceptors (Lipinski definition) is 0. The van der Waals surface area contributed by atoms with Crippen LogP contribution in [0.2, 0.25) is 0 Å². The predicted molar refractivity (Wildman–Crippen MR) is 66.7 cm³/mol. The van der Waals surface area contributed by atoms with Crippen LogP contribution in [0.25, 0.3) is 5.57 Å². The molecule has 76 valence electrons. The van der Waals surface area contributed by atoms with Crippen LogP contribution < -0.4 is 0 Å². The van der Waals surface area contributed by atoms with Gasteiger partial charge in [0.1, 0.15) is 0 Å². The molecule has 0 heteroatoms. The SMILES string of the molecule is CC1=CC=CC(c2cccc(C)c2)=CC1. The summed E-state index contributed by atoms with van der Waals surface area (Å²) in [7, 11) is 0. The van der Waals surface area contributed by atoms with Crippen molar-refractivity contribution in [2.24, 2.45) is 0 Å². The van der Waals surface area contributed by atoms with Crippen molar-refractivity contribution < 1.29 is 0 Å². The first-order valence-electron chi connectivity index (χ1n) is 5.37. The maximum absolute atomic E-state index is 2.30. The molecule has 0 saturated carbocycles. The highest BCUT2D eigenvalue weighted by molar-refractivity contribution is 5.75. The smallest absolute Gasteiger partial charge is 0.0129 e. The Morgan fingerprint density at radius 3 is 2.80 bits per heavy atom. The number of benzene rings is 1. The first kappa shape index (κ1) is 9.97. The predicted octanol–water partition coefficient (Wildman–Crippen LogP) is 4.28. The summed E-state index contributed by atoms with van der Waals surface area (Å²) >= 11 is 0. The maximum atomic E-state index is 2.30. The third kappa shape index (κ3) is 2.47. The van der Waals surface area contributed by atoms with Crippen LogP contribution in [0.5, 0.6) is 0 Å². The number of allylic oxidation sites excluding steroid dienone is 6. The van der Waals surface area contributed by atoms with Crippen LogP contribution in [-0.4, -0.2) is 0 Å². The van der Waals surface area contributed by atoms with Crippen LogP contribution in [0.1, 0.15) is 24.5 Å². The lowest BCUT2D eigenvalue weighted by Gasteiger charge is -2.03. The molecule has 0 amide bonds. The van der Waals surface area contributed by atoms with E-state index in [-0.39, 0.29) is 0 Å². The molecule has 2 rings (SSSR count). The van der Waals surface area contributed by atoms with Crippen molar-refractivity contribution in [1.82, 2.24) is 0 Å². The molecule has 0 aliphatic heterocycles. The van der Waals surface area contributed by atoms with E-state index in [0.717, 1.165) is 6.42 Å². The van der Waals surface area contributed by atoms with Gasteiger partial charge in [0.25, 0.3) is 0 Å². The van der Waals surface area contributed by atoms with Crippen molar-refractivity contribution in [2.45, 2.75) is 20.3 Å². The third-order valence-electron chi connectivity index (χ3n) is 2.65. The molecule has 1 aliphatic rings. The van der Waals surface area contributed by atoms with Crippen molar-refractivity contribution in [3.05, 3.63) is 65.3 Å². The normalized spacial score (nSPS) is 15.6. The summed E-state index contributed by atoms with van der Waals surface area (Å²) < 4.78 is 0. The minimum Gasteiger partial charge on any atom is -0.0726 e. The van der Waals surface area contributed by atoms with Crippen LogP contribution in [-0.2, 0) is 0 Å². The molecule has 1 aliphatic carbocycles. The summed E-state index contributed by atoms with van der Waals surface area (Å²) in [5.41, 5.74) is 5.37. The molecular weight excluding hydrogens is 180 g/mol. The van der Waals surface area contributed by atoms with Gasteiger partial charge in [0.05, 0.1) is 0 Å². The van der Waals surface area contributed by atoms with E-state index >= 15 is 0 Å². The van der Waals surface area contributed by atoms with E-state index in [1.807, 2.05) is 0 Å². The fourth-order valence-corrected chi connectivity index (χ4v) is 1.76. The van der Waals surface area contributed by atoms with Crippen molar-refractivity contribution in [2.75, 3.05) is 0 Å². The number of aryl methyl sites for hydroxylation is 1. The zero-order valence-corrected chi connectivity index (χ0v) is 9.33. The van der Waals surface area contributed by atoms with Crippen LogP contribution in [0.4, 0.5) is 0 Å². The Hall–Kier alpha value is -1.56. The minimum atomic E-state index is 1.05. The first-order chi connectivity index (χ1) is 7.25. The number of hydrogen-bond donors (Lipinski definition) is 0. The fourth-order valence-electron chi connectivity index (χ4n) is 1.76. The van der Waals surface area contributed by atoms with E-state index in [1.165, 1.54) is 22.3 Å². The molecule has 0 unspecified atom stereocenters. The number of rotatable bonds is 1. The largest absolute Gasteiger partial charge is 0.0726 e. The van der Waals surface area contributed by atoms with E-state index in [0.29, 0.717) is 0 Å². The van der Waals surface area contributed by atoms with Gasteiger partial charge in [0, 0.05) is 0 Å². The minimum absolute atomic E-state index is 1.05. The molecule has 0 spiro atoms. The van der Waals surface area contributed by atoms with Gasteiger partial charge in [-0.1, -0.05) is 59.7 Å². The van der Waals surface area contributed by atoms with Gasteiger partial charge in [0.2, 0.25) is 0 Å². The summed E-state index contributed by atoms with van der Waals surface area (Å²) in [4.78, 5) is 0. The molecule has 1 aromatic rings. The zero-order valence-electron chi connectivity index (χ0n) is 9.33. The maximum Gasteiger partial charge on any atom is -0.0129 e. The van der Waals surface area contributed by atoms with Crippen LogP contribution in [0, 0.1) is 6.92 Å². The molecule has 0 N–H and O–H groups in total. The molecular formula is C15H16. The van der Waals surface area contributed by atoms with Gasteiger partial charge in [-0.2, -0.15) is 0 Å². The Bertz CT molecular complexity index is 445. The third-order valence-corrected chi connectivity index (χ3v) is 2.65. The van der Waals surface area contributed by atoms with Gasteiger partial charge in [-0.25, -0.2) is 0 Å². The summed E-state index contributed by atoms with van der Waals surface area (Å²) in [5, 5.41) is 0. The molecule has 0 radical (unpaired) electrons. The van der Waals surface area contributed by atoms with E-state index in [4.69, 9.17) is 0 Å². The Labute approximate surface area is 91.6 Å². The standard InChI is InChI=1S/C15H16/c1-12-5-3-7-14(10-9-12)15-8-4-6-13(2)11-15/h3-8,10-11H,9H2,1-2H3. The highest BCUT2D eigenvalue weighted by Crippen LogP contribution is 2.21. The highest BCUT2D eigenvalue weighted by Gasteiger charge is 2.00. The van der Waals surface area contributed by atoms with E-state index in [1.54, 1.807) is 0 Å². The Kier molecular flexibility index (Phi) is 2.86. The lowest BCUT2D eigenvalue weighted by molar-refractivity contribution is 1.22. The molecule has 0 bridgehead atoms. The van der Waals surface area contributed by atoms with E-state index in [2.05, 4.69) is 62.4 Å². The zero-order chi connectivity index (χ0) is 10.7. The average molecular weight is 196 g/mol. The lowest BCUT2D eigenvalue weighted by atomic mass is 10.0. The fraction of sp³-hybridized carbons (Fsp3) is 0.200. The highest BCUT2D eigenvalue weighted by atomic mass is 14.0. The van der Waals surface area contributed by atoms with E-state index in [9.17, 15) is 0 Å². The second-order valence-electron chi connectivity index (χ2n) is 4.11. The van der Waals surface area contributed by atoms with Gasteiger partial charge in [0.15, 0.2) is 0 Å².